The molecular formula is C13H11ClF2N2O. The fourth-order valence-electron chi connectivity index (χ4n) is 1.48. The molecule has 0 radical (unpaired) electrons. The molecule has 1 aromatic carbocycles. The highest BCUT2D eigenvalue weighted by Gasteiger charge is 2.14. The van der Waals surface area contributed by atoms with Gasteiger partial charge in [0.1, 0.15) is 5.75 Å². The number of hydrogen-bond acceptors (Lipinski definition) is 3. The number of anilines is 1. The van der Waals surface area contributed by atoms with E-state index >= 15 is 0 Å². The molecule has 1 aromatic heterocycles. The van der Waals surface area contributed by atoms with E-state index in [0.29, 0.717) is 16.8 Å². The SMILES string of the molecule is CNc1nc(Oc2cc(Cl)ccc2C)c(F)cc1F. The molecule has 0 amide bonds. The minimum absolute atomic E-state index is 0.0870. The topological polar surface area (TPSA) is 34.2 Å². The second-order valence-electron chi connectivity index (χ2n) is 3.87. The summed E-state index contributed by atoms with van der Waals surface area (Å²) in [6.45, 7) is 1.78. The molecule has 0 aliphatic carbocycles. The predicted octanol–water partition coefficient (Wildman–Crippen LogP) is 4.16. The van der Waals surface area contributed by atoms with Gasteiger partial charge in [0.05, 0.1) is 0 Å². The van der Waals surface area contributed by atoms with Crippen LogP contribution in [0.1, 0.15) is 5.56 Å². The first-order valence-electron chi connectivity index (χ1n) is 5.49. The van der Waals surface area contributed by atoms with E-state index in [9.17, 15) is 8.78 Å². The van der Waals surface area contributed by atoms with Crippen molar-refractivity contribution < 1.29 is 13.5 Å². The maximum absolute atomic E-state index is 13.6. The number of aryl methyl sites for hydroxylation is 1. The van der Waals surface area contributed by atoms with Crippen LogP contribution in [0.4, 0.5) is 14.6 Å². The minimum Gasteiger partial charge on any atom is -0.436 e. The number of hydrogen-bond donors (Lipinski definition) is 1. The Labute approximate surface area is 114 Å². The van der Waals surface area contributed by atoms with Gasteiger partial charge in [0.2, 0.25) is 0 Å². The molecule has 0 saturated carbocycles. The Morgan fingerprint density at radius 2 is 1.95 bits per heavy atom. The number of nitrogens with one attached hydrogen (secondary N) is 1. The molecule has 19 heavy (non-hydrogen) atoms. The molecule has 0 unspecified atom stereocenters. The lowest BCUT2D eigenvalue weighted by Gasteiger charge is -2.10. The van der Waals surface area contributed by atoms with E-state index in [2.05, 4.69) is 10.3 Å². The second-order valence-corrected chi connectivity index (χ2v) is 4.30. The van der Waals surface area contributed by atoms with Crippen molar-refractivity contribution in [3.8, 4) is 11.6 Å². The molecule has 2 rings (SSSR count). The Morgan fingerprint density at radius 1 is 1.21 bits per heavy atom. The summed E-state index contributed by atoms with van der Waals surface area (Å²) in [7, 11) is 1.48. The molecule has 0 saturated heterocycles. The first-order chi connectivity index (χ1) is 9.01. The van der Waals surface area contributed by atoms with E-state index in [1.54, 1.807) is 25.1 Å². The molecule has 0 bridgehead atoms. The highest BCUT2D eigenvalue weighted by atomic mass is 35.5. The maximum Gasteiger partial charge on any atom is 0.258 e. The molecule has 3 nitrogen and oxygen atoms in total. The Hall–Kier alpha value is -1.88. The fourth-order valence-corrected chi connectivity index (χ4v) is 1.65. The highest BCUT2D eigenvalue weighted by Crippen LogP contribution is 2.29. The molecule has 0 atom stereocenters. The van der Waals surface area contributed by atoms with E-state index in [-0.39, 0.29) is 11.7 Å². The zero-order valence-electron chi connectivity index (χ0n) is 10.3. The van der Waals surface area contributed by atoms with Crippen LogP contribution in [0.2, 0.25) is 5.02 Å². The van der Waals surface area contributed by atoms with Crippen LogP contribution < -0.4 is 10.1 Å². The first kappa shape index (κ1) is 13.5. The van der Waals surface area contributed by atoms with Crippen molar-refractivity contribution in [2.75, 3.05) is 12.4 Å². The first-order valence-corrected chi connectivity index (χ1v) is 5.87. The standard InChI is InChI=1S/C13H11ClF2N2O/c1-7-3-4-8(14)5-11(7)19-13-10(16)6-9(15)12(17-2)18-13/h3-6H,1-2H3,(H,17,18). The summed E-state index contributed by atoms with van der Waals surface area (Å²) in [5.41, 5.74) is 0.765. The van der Waals surface area contributed by atoms with Crippen molar-refractivity contribution in [1.82, 2.24) is 4.98 Å². The lowest BCUT2D eigenvalue weighted by atomic mass is 10.2. The number of halogens is 3. The van der Waals surface area contributed by atoms with E-state index in [1.807, 2.05) is 0 Å². The van der Waals surface area contributed by atoms with E-state index in [0.717, 1.165) is 5.56 Å². The van der Waals surface area contributed by atoms with Crippen molar-refractivity contribution in [3.63, 3.8) is 0 Å². The maximum atomic E-state index is 13.6. The quantitative estimate of drug-likeness (QED) is 0.919. The lowest BCUT2D eigenvalue weighted by molar-refractivity contribution is 0.416. The van der Waals surface area contributed by atoms with Gasteiger partial charge in [-0.15, -0.1) is 0 Å². The zero-order valence-corrected chi connectivity index (χ0v) is 11.1. The van der Waals surface area contributed by atoms with Gasteiger partial charge >= 0.3 is 0 Å². The van der Waals surface area contributed by atoms with Crippen molar-refractivity contribution in [1.29, 1.82) is 0 Å². The van der Waals surface area contributed by atoms with Crippen LogP contribution in [0.5, 0.6) is 11.6 Å². The molecule has 100 valence electrons. The van der Waals surface area contributed by atoms with Crippen molar-refractivity contribution in [2.24, 2.45) is 0 Å². The Kier molecular flexibility index (Phi) is 3.85. The number of rotatable bonds is 3. The zero-order chi connectivity index (χ0) is 14.0. The molecular weight excluding hydrogens is 274 g/mol. The van der Waals surface area contributed by atoms with Gasteiger partial charge in [0.15, 0.2) is 17.5 Å². The number of benzene rings is 1. The molecule has 0 spiro atoms. The highest BCUT2D eigenvalue weighted by molar-refractivity contribution is 6.30. The van der Waals surface area contributed by atoms with Gasteiger partial charge < -0.3 is 10.1 Å². The third-order valence-electron chi connectivity index (χ3n) is 2.49. The Morgan fingerprint density at radius 3 is 2.63 bits per heavy atom. The van der Waals surface area contributed by atoms with Gasteiger partial charge in [-0.1, -0.05) is 17.7 Å². The van der Waals surface area contributed by atoms with Gasteiger partial charge in [-0.05, 0) is 24.6 Å². The van der Waals surface area contributed by atoms with Crippen LogP contribution in [0.3, 0.4) is 0 Å². The summed E-state index contributed by atoms with van der Waals surface area (Å²) >= 11 is 5.84. The lowest BCUT2D eigenvalue weighted by Crippen LogP contribution is -2.01. The molecule has 1 N–H and O–H groups in total. The third-order valence-corrected chi connectivity index (χ3v) is 2.73. The molecule has 0 aliphatic rings. The van der Waals surface area contributed by atoms with Gasteiger partial charge in [0, 0.05) is 18.1 Å². The minimum atomic E-state index is -0.879. The molecule has 6 heteroatoms. The summed E-state index contributed by atoms with van der Waals surface area (Å²) in [6.07, 6.45) is 0. The van der Waals surface area contributed by atoms with Crippen LogP contribution in [0.15, 0.2) is 24.3 Å². The second kappa shape index (κ2) is 5.40. The predicted molar refractivity (Wildman–Crippen MR) is 70.0 cm³/mol. The van der Waals surface area contributed by atoms with E-state index < -0.39 is 11.6 Å². The van der Waals surface area contributed by atoms with Gasteiger partial charge in [-0.3, -0.25) is 0 Å². The monoisotopic (exact) mass is 284 g/mol. The van der Waals surface area contributed by atoms with Crippen LogP contribution >= 0.6 is 11.6 Å². The number of pyridine rings is 1. The fraction of sp³-hybridized carbons (Fsp3) is 0.154. The summed E-state index contributed by atoms with van der Waals surface area (Å²) in [4.78, 5) is 3.73. The normalized spacial score (nSPS) is 10.4. The van der Waals surface area contributed by atoms with Crippen LogP contribution in [-0.4, -0.2) is 12.0 Å². The van der Waals surface area contributed by atoms with E-state index in [4.69, 9.17) is 16.3 Å². The summed E-state index contributed by atoms with van der Waals surface area (Å²) < 4.78 is 32.2. The van der Waals surface area contributed by atoms with Crippen molar-refractivity contribution in [2.45, 2.75) is 6.92 Å². The largest absolute Gasteiger partial charge is 0.436 e. The van der Waals surface area contributed by atoms with Crippen molar-refractivity contribution >= 4 is 17.4 Å². The summed E-state index contributed by atoms with van der Waals surface area (Å²) in [5, 5.41) is 2.97. The smallest absolute Gasteiger partial charge is 0.258 e. The van der Waals surface area contributed by atoms with Crippen LogP contribution in [-0.2, 0) is 0 Å². The molecule has 0 aliphatic heterocycles. The Bertz CT molecular complexity index is 620. The number of ether oxygens (including phenoxy) is 1. The molecule has 1 heterocycles. The van der Waals surface area contributed by atoms with E-state index in [1.165, 1.54) is 7.05 Å². The van der Waals surface area contributed by atoms with Gasteiger partial charge in [0.25, 0.3) is 5.88 Å². The summed E-state index contributed by atoms with van der Waals surface area (Å²) in [6, 6.07) is 5.68. The Balaban J connectivity index is 2.40. The molecule has 0 fully saturated rings. The average molecular weight is 285 g/mol. The average Bonchev–Trinajstić information content (AvgIpc) is 2.37. The number of nitrogens with zero attached hydrogens (tertiary/aromatic N) is 1. The number of aromatic nitrogens is 1. The van der Waals surface area contributed by atoms with Gasteiger partial charge in [-0.25, -0.2) is 8.78 Å². The van der Waals surface area contributed by atoms with Crippen LogP contribution in [0, 0.1) is 18.6 Å². The van der Waals surface area contributed by atoms with Crippen molar-refractivity contribution in [3.05, 3.63) is 46.5 Å². The molecule has 2 aromatic rings. The third kappa shape index (κ3) is 2.93. The summed E-state index contributed by atoms with van der Waals surface area (Å²) in [5.74, 6) is -1.69. The van der Waals surface area contributed by atoms with Crippen LogP contribution in [0.25, 0.3) is 0 Å². The van der Waals surface area contributed by atoms with Gasteiger partial charge in [-0.2, -0.15) is 4.98 Å².